The molecule has 0 aliphatic carbocycles. The van der Waals surface area contributed by atoms with E-state index in [1.54, 1.807) is 4.90 Å². The van der Waals surface area contributed by atoms with Crippen molar-refractivity contribution < 1.29 is 18.8 Å². The number of nitrogens with zero attached hydrogens (tertiary/aromatic N) is 3. The van der Waals surface area contributed by atoms with Gasteiger partial charge in [0.05, 0.1) is 18.7 Å². The molecule has 8 nitrogen and oxygen atoms in total. The molecule has 182 valence electrons. The Kier molecular flexibility index (Phi) is 7.73. The van der Waals surface area contributed by atoms with E-state index in [-0.39, 0.29) is 12.1 Å². The van der Waals surface area contributed by atoms with Crippen molar-refractivity contribution in [1.82, 2.24) is 14.9 Å². The molecule has 1 aromatic carbocycles. The molecule has 0 aromatic heterocycles. The highest BCUT2D eigenvalue weighted by molar-refractivity contribution is 6.52. The quantitative estimate of drug-likeness (QED) is 0.522. The summed E-state index contributed by atoms with van der Waals surface area (Å²) in [6.07, 6.45) is 3.55. The second-order valence-electron chi connectivity index (χ2n) is 10.3. The number of hydrogen-bond acceptors (Lipinski definition) is 7. The molecule has 3 saturated heterocycles. The first-order valence-electron chi connectivity index (χ1n) is 12.2. The van der Waals surface area contributed by atoms with Gasteiger partial charge in [0, 0.05) is 25.7 Å². The molecule has 4 rings (SSSR count). The fourth-order valence-corrected chi connectivity index (χ4v) is 6.74. The molecule has 3 fully saturated rings. The lowest BCUT2D eigenvalue weighted by molar-refractivity contribution is -0.00977. The minimum atomic E-state index is -1.48. The van der Waals surface area contributed by atoms with E-state index < -0.39 is 14.8 Å². The SMILES string of the molecule is C[SiH]1OC(=NC2CCN(C(=O)OC(C)(C)C)CC2)[C@@H]2CC[C@@H](NOCc3ccccc3)CN21. The predicted octanol–water partition coefficient (Wildman–Crippen LogP) is 3.22. The highest BCUT2D eigenvalue weighted by Gasteiger charge is 2.43. The molecule has 3 aliphatic heterocycles. The number of benzene rings is 1. The number of nitrogens with one attached hydrogen (secondary N) is 1. The van der Waals surface area contributed by atoms with Gasteiger partial charge in [-0.25, -0.2) is 4.79 Å². The minimum Gasteiger partial charge on any atom is -0.521 e. The molecule has 0 bridgehead atoms. The van der Waals surface area contributed by atoms with E-state index in [0.29, 0.717) is 31.8 Å². The number of ether oxygens (including phenoxy) is 1. The fourth-order valence-electron chi connectivity index (χ4n) is 4.70. The van der Waals surface area contributed by atoms with Gasteiger partial charge in [0.15, 0.2) is 5.90 Å². The molecule has 33 heavy (non-hydrogen) atoms. The molecule has 0 spiro atoms. The molecule has 3 atom stereocenters. The van der Waals surface area contributed by atoms with E-state index in [2.05, 4.69) is 28.7 Å². The zero-order chi connectivity index (χ0) is 23.4. The number of carbonyl (C=O) groups is 1. The van der Waals surface area contributed by atoms with E-state index in [0.717, 1.165) is 43.7 Å². The Morgan fingerprint density at radius 1 is 1.18 bits per heavy atom. The van der Waals surface area contributed by atoms with Crippen LogP contribution in [0.3, 0.4) is 0 Å². The Labute approximate surface area is 199 Å². The summed E-state index contributed by atoms with van der Waals surface area (Å²) in [6, 6.07) is 11.0. The van der Waals surface area contributed by atoms with Crippen molar-refractivity contribution in [3.05, 3.63) is 35.9 Å². The molecule has 0 radical (unpaired) electrons. The lowest BCUT2D eigenvalue weighted by atomic mass is 10.0. The number of piperidine rings is 2. The summed E-state index contributed by atoms with van der Waals surface area (Å²) in [6.45, 7) is 10.8. The lowest BCUT2D eigenvalue weighted by Gasteiger charge is -2.35. The van der Waals surface area contributed by atoms with Gasteiger partial charge >= 0.3 is 15.3 Å². The Bertz CT molecular complexity index is 824. The molecule has 3 heterocycles. The van der Waals surface area contributed by atoms with Gasteiger partial charge in [-0.05, 0) is 58.6 Å². The predicted molar refractivity (Wildman–Crippen MR) is 130 cm³/mol. The second kappa shape index (κ2) is 10.5. The van der Waals surface area contributed by atoms with Crippen LogP contribution in [0.5, 0.6) is 0 Å². The van der Waals surface area contributed by atoms with Crippen LogP contribution in [0.2, 0.25) is 6.55 Å². The van der Waals surface area contributed by atoms with Gasteiger partial charge in [0.1, 0.15) is 5.60 Å². The average molecular weight is 475 g/mol. The van der Waals surface area contributed by atoms with Gasteiger partial charge in [-0.15, -0.1) is 0 Å². The number of amides is 1. The Morgan fingerprint density at radius 3 is 2.61 bits per heavy atom. The second-order valence-corrected chi connectivity index (χ2v) is 12.4. The van der Waals surface area contributed by atoms with Crippen molar-refractivity contribution in [3.8, 4) is 0 Å². The van der Waals surface area contributed by atoms with Crippen LogP contribution in [-0.2, 0) is 20.6 Å². The van der Waals surface area contributed by atoms with Crippen LogP contribution in [0, 0.1) is 0 Å². The smallest absolute Gasteiger partial charge is 0.410 e. The number of likely N-dealkylation sites (tertiary alicyclic amines) is 1. The number of carbonyl (C=O) groups excluding carboxylic acids is 1. The summed E-state index contributed by atoms with van der Waals surface area (Å²) in [7, 11) is -1.48. The molecule has 9 heteroatoms. The van der Waals surface area contributed by atoms with Gasteiger partial charge in [0.2, 0.25) is 0 Å². The molecule has 3 aliphatic rings. The fraction of sp³-hybridized carbons (Fsp3) is 0.667. The normalized spacial score (nSPS) is 27.9. The number of hydrogen-bond donors (Lipinski definition) is 1. The zero-order valence-electron chi connectivity index (χ0n) is 20.3. The standard InChI is InChI=1S/C24H38N4O4Si/c1-24(2,3)31-23(29)27-14-12-19(13-15-27)25-22-21-11-10-20(16-28(21)33(4)32-22)26-30-17-18-8-6-5-7-9-18/h5-9,19-21,26,33H,10-17H2,1-4H3/t20-,21+,33?/m1/s1. The molecule has 1 aromatic rings. The largest absolute Gasteiger partial charge is 0.521 e. The third kappa shape index (κ3) is 6.56. The van der Waals surface area contributed by atoms with E-state index in [9.17, 15) is 4.79 Å². The van der Waals surface area contributed by atoms with Crippen LogP contribution in [-0.4, -0.2) is 74.0 Å². The van der Waals surface area contributed by atoms with Gasteiger partial charge in [-0.3, -0.25) is 14.4 Å². The maximum absolute atomic E-state index is 12.3. The van der Waals surface area contributed by atoms with Crippen LogP contribution in [0.4, 0.5) is 4.79 Å². The average Bonchev–Trinajstić information content (AvgIpc) is 3.08. The van der Waals surface area contributed by atoms with Crippen LogP contribution in [0.1, 0.15) is 52.0 Å². The van der Waals surface area contributed by atoms with Crippen molar-refractivity contribution in [2.45, 2.75) is 83.3 Å². The third-order valence-corrected chi connectivity index (χ3v) is 8.51. The first-order valence-corrected chi connectivity index (χ1v) is 14.3. The molecular weight excluding hydrogens is 436 g/mol. The topological polar surface area (TPSA) is 75.6 Å². The monoisotopic (exact) mass is 474 g/mol. The van der Waals surface area contributed by atoms with Gasteiger partial charge in [0.25, 0.3) is 0 Å². The third-order valence-electron chi connectivity index (χ3n) is 6.42. The van der Waals surface area contributed by atoms with Crippen molar-refractivity contribution in [3.63, 3.8) is 0 Å². The number of aliphatic imine (C=N–C) groups is 1. The van der Waals surface area contributed by atoms with E-state index in [1.165, 1.54) is 0 Å². The summed E-state index contributed by atoms with van der Waals surface area (Å²) >= 11 is 0. The zero-order valence-corrected chi connectivity index (χ0v) is 21.5. The van der Waals surface area contributed by atoms with Gasteiger partial charge in [-0.2, -0.15) is 5.48 Å². The van der Waals surface area contributed by atoms with E-state index in [4.69, 9.17) is 19.0 Å². The van der Waals surface area contributed by atoms with Gasteiger partial charge < -0.3 is 14.1 Å². The maximum Gasteiger partial charge on any atom is 0.410 e. The maximum atomic E-state index is 12.3. The highest BCUT2D eigenvalue weighted by Crippen LogP contribution is 2.28. The summed E-state index contributed by atoms with van der Waals surface area (Å²) in [5.74, 6) is 0.925. The Hall–Kier alpha value is -1.94. The highest BCUT2D eigenvalue weighted by atomic mass is 28.3. The van der Waals surface area contributed by atoms with Crippen LogP contribution in [0.25, 0.3) is 0 Å². The van der Waals surface area contributed by atoms with Crippen molar-refractivity contribution in [2.24, 2.45) is 4.99 Å². The number of hydroxylamine groups is 1. The summed E-state index contributed by atoms with van der Waals surface area (Å²) in [4.78, 5) is 24.9. The Morgan fingerprint density at radius 2 is 1.91 bits per heavy atom. The first kappa shape index (κ1) is 24.2. The van der Waals surface area contributed by atoms with Crippen molar-refractivity contribution in [2.75, 3.05) is 19.6 Å². The molecule has 1 unspecified atom stereocenters. The van der Waals surface area contributed by atoms with E-state index in [1.807, 2.05) is 39.0 Å². The minimum absolute atomic E-state index is 0.213. The molecule has 1 N–H and O–H groups in total. The van der Waals surface area contributed by atoms with Crippen molar-refractivity contribution in [1.29, 1.82) is 0 Å². The number of fused-ring (bicyclic) bond motifs is 1. The van der Waals surface area contributed by atoms with Crippen LogP contribution < -0.4 is 5.48 Å². The first-order chi connectivity index (χ1) is 15.8. The molecular formula is C24H38N4O4Si. The van der Waals surface area contributed by atoms with Gasteiger partial charge in [-0.1, -0.05) is 30.3 Å². The van der Waals surface area contributed by atoms with Crippen LogP contribution >= 0.6 is 0 Å². The summed E-state index contributed by atoms with van der Waals surface area (Å²) in [5, 5.41) is 0. The van der Waals surface area contributed by atoms with E-state index >= 15 is 0 Å². The summed E-state index contributed by atoms with van der Waals surface area (Å²) < 4.78 is 14.3. The van der Waals surface area contributed by atoms with Crippen molar-refractivity contribution >= 4 is 21.2 Å². The molecule has 0 saturated carbocycles. The Balaban J connectivity index is 1.25. The number of rotatable bonds is 5. The summed E-state index contributed by atoms with van der Waals surface area (Å²) in [5.41, 5.74) is 3.97. The lowest BCUT2D eigenvalue weighted by Crippen LogP contribution is -2.52. The molecule has 1 amide bonds. The van der Waals surface area contributed by atoms with Crippen LogP contribution in [0.15, 0.2) is 35.3 Å².